The van der Waals surface area contributed by atoms with Gasteiger partial charge in [0.15, 0.2) is 23.1 Å². The average Bonchev–Trinajstić information content (AvgIpc) is 2.58. The summed E-state index contributed by atoms with van der Waals surface area (Å²) >= 11 is 0. The number of Topliss-reactive ketones (excluding diaryl/α,β-unsaturated/α-hetero) is 2. The Balaban J connectivity index is 1.81. The Morgan fingerprint density at radius 2 is 1.73 bits per heavy atom. The van der Waals surface area contributed by atoms with E-state index < -0.39 is 0 Å². The SMILES string of the molecule is COc1cc2c(cc1OC)[C@@H]1CC(=O)C3=C(CC(C)(C)CC3=O)N1CC2. The Morgan fingerprint density at radius 1 is 1.04 bits per heavy atom. The maximum absolute atomic E-state index is 12.8. The van der Waals surface area contributed by atoms with Crippen LogP contribution in [0.15, 0.2) is 23.4 Å². The minimum atomic E-state index is -0.101. The lowest BCUT2D eigenvalue weighted by atomic mass is 9.71. The second-order valence-electron chi connectivity index (χ2n) is 8.26. The van der Waals surface area contributed by atoms with Gasteiger partial charge in [0.05, 0.1) is 25.8 Å². The standard InChI is InChI=1S/C21H25NO4/c1-21(2)10-15-20(17(24)11-21)16(23)9-14-13-8-19(26-4)18(25-3)7-12(13)5-6-22(14)15/h7-8,14H,5-6,9-11H2,1-4H3/t14-/m0/s1. The molecule has 1 aromatic rings. The van der Waals surface area contributed by atoms with Crippen molar-refractivity contribution in [1.29, 1.82) is 0 Å². The van der Waals surface area contributed by atoms with Crippen molar-refractivity contribution in [2.75, 3.05) is 20.8 Å². The summed E-state index contributed by atoms with van der Waals surface area (Å²) in [6.07, 6.45) is 2.45. The van der Waals surface area contributed by atoms with E-state index in [0.717, 1.165) is 36.4 Å². The molecule has 0 unspecified atom stereocenters. The summed E-state index contributed by atoms with van der Waals surface area (Å²) < 4.78 is 10.9. The van der Waals surface area contributed by atoms with E-state index in [-0.39, 0.29) is 23.0 Å². The normalized spacial score (nSPS) is 24.0. The number of ether oxygens (including phenoxy) is 2. The van der Waals surface area contributed by atoms with Crippen LogP contribution in [0, 0.1) is 5.41 Å². The van der Waals surface area contributed by atoms with Gasteiger partial charge in [-0.2, -0.15) is 0 Å². The zero-order valence-corrected chi connectivity index (χ0v) is 15.8. The first-order valence-corrected chi connectivity index (χ1v) is 9.15. The lowest BCUT2D eigenvalue weighted by Crippen LogP contribution is -2.45. The van der Waals surface area contributed by atoms with Crippen LogP contribution in [0.3, 0.4) is 0 Å². The van der Waals surface area contributed by atoms with Crippen molar-refractivity contribution in [2.24, 2.45) is 5.41 Å². The first kappa shape index (κ1) is 17.1. The zero-order valence-electron chi connectivity index (χ0n) is 15.8. The molecule has 0 saturated carbocycles. The molecule has 26 heavy (non-hydrogen) atoms. The second-order valence-corrected chi connectivity index (χ2v) is 8.26. The molecule has 3 aliphatic rings. The van der Waals surface area contributed by atoms with Gasteiger partial charge in [0.25, 0.3) is 0 Å². The van der Waals surface area contributed by atoms with Crippen LogP contribution < -0.4 is 9.47 Å². The van der Waals surface area contributed by atoms with Crippen molar-refractivity contribution >= 4 is 11.6 Å². The predicted molar refractivity (Wildman–Crippen MR) is 97.4 cm³/mol. The Labute approximate surface area is 154 Å². The molecule has 1 atom stereocenters. The molecule has 2 heterocycles. The summed E-state index contributed by atoms with van der Waals surface area (Å²) in [4.78, 5) is 27.7. The fourth-order valence-corrected chi connectivity index (χ4v) is 4.70. The number of nitrogens with zero attached hydrogens (tertiary/aromatic N) is 1. The minimum Gasteiger partial charge on any atom is -0.493 e. The first-order chi connectivity index (χ1) is 12.3. The molecule has 0 N–H and O–H groups in total. The van der Waals surface area contributed by atoms with E-state index in [1.165, 1.54) is 5.56 Å². The minimum absolute atomic E-state index is 0.00983. The maximum Gasteiger partial charge on any atom is 0.170 e. The Hall–Kier alpha value is -2.30. The molecule has 0 radical (unpaired) electrons. The van der Waals surface area contributed by atoms with Crippen LogP contribution in [-0.4, -0.2) is 37.2 Å². The molecule has 1 aromatic carbocycles. The van der Waals surface area contributed by atoms with E-state index in [1.807, 2.05) is 12.1 Å². The lowest BCUT2D eigenvalue weighted by molar-refractivity contribution is -0.125. The molecule has 0 aromatic heterocycles. The molecular formula is C21H25NO4. The average molecular weight is 355 g/mol. The molecule has 138 valence electrons. The van der Waals surface area contributed by atoms with E-state index in [2.05, 4.69) is 18.7 Å². The monoisotopic (exact) mass is 355 g/mol. The number of rotatable bonds is 2. The molecule has 0 fully saturated rings. The topological polar surface area (TPSA) is 55.8 Å². The molecule has 0 amide bonds. The third-order valence-corrected chi connectivity index (χ3v) is 5.86. The number of methoxy groups -OCH3 is 2. The second kappa shape index (κ2) is 5.86. The van der Waals surface area contributed by atoms with Gasteiger partial charge in [0, 0.05) is 25.1 Å². The third kappa shape index (κ3) is 2.52. The molecule has 0 saturated heterocycles. The number of hydrogen-bond acceptors (Lipinski definition) is 5. The molecular weight excluding hydrogens is 330 g/mol. The van der Waals surface area contributed by atoms with Gasteiger partial charge in [-0.15, -0.1) is 0 Å². The van der Waals surface area contributed by atoms with Crippen LogP contribution in [0.1, 0.15) is 50.3 Å². The van der Waals surface area contributed by atoms with Crippen LogP contribution in [0.5, 0.6) is 11.5 Å². The largest absolute Gasteiger partial charge is 0.493 e. The highest BCUT2D eigenvalue weighted by Crippen LogP contribution is 2.48. The van der Waals surface area contributed by atoms with Crippen LogP contribution in [-0.2, 0) is 16.0 Å². The van der Waals surface area contributed by atoms with Gasteiger partial charge in [-0.05, 0) is 41.5 Å². The van der Waals surface area contributed by atoms with Gasteiger partial charge in [-0.3, -0.25) is 9.59 Å². The van der Waals surface area contributed by atoms with Crippen LogP contribution in [0.2, 0.25) is 0 Å². The molecule has 5 nitrogen and oxygen atoms in total. The summed E-state index contributed by atoms with van der Waals surface area (Å²) in [6.45, 7) is 5.03. The van der Waals surface area contributed by atoms with Gasteiger partial charge >= 0.3 is 0 Å². The summed E-state index contributed by atoms with van der Waals surface area (Å²) in [7, 11) is 3.26. The summed E-state index contributed by atoms with van der Waals surface area (Å²) in [5.74, 6) is 1.40. The molecule has 5 heteroatoms. The molecule has 0 bridgehead atoms. The fourth-order valence-electron chi connectivity index (χ4n) is 4.70. The van der Waals surface area contributed by atoms with Gasteiger partial charge in [-0.1, -0.05) is 13.8 Å². The smallest absolute Gasteiger partial charge is 0.170 e. The first-order valence-electron chi connectivity index (χ1n) is 9.15. The van der Waals surface area contributed by atoms with Gasteiger partial charge in [-0.25, -0.2) is 0 Å². The van der Waals surface area contributed by atoms with Crippen LogP contribution >= 0.6 is 0 Å². The van der Waals surface area contributed by atoms with E-state index in [9.17, 15) is 9.59 Å². The fraction of sp³-hybridized carbons (Fsp3) is 0.524. The van der Waals surface area contributed by atoms with Crippen molar-refractivity contribution < 1.29 is 19.1 Å². The zero-order chi connectivity index (χ0) is 18.6. The Bertz CT molecular complexity index is 837. The highest BCUT2D eigenvalue weighted by Gasteiger charge is 2.45. The highest BCUT2D eigenvalue weighted by atomic mass is 16.5. The summed E-state index contributed by atoms with van der Waals surface area (Å²) in [5.41, 5.74) is 3.62. The van der Waals surface area contributed by atoms with Gasteiger partial charge in [0.2, 0.25) is 0 Å². The van der Waals surface area contributed by atoms with Crippen molar-refractivity contribution in [1.82, 2.24) is 4.90 Å². The van der Waals surface area contributed by atoms with E-state index in [1.54, 1.807) is 14.2 Å². The number of allylic oxidation sites excluding steroid dienone is 2. The molecule has 0 spiro atoms. The van der Waals surface area contributed by atoms with Crippen molar-refractivity contribution in [3.8, 4) is 11.5 Å². The number of carbonyl (C=O) groups is 2. The van der Waals surface area contributed by atoms with E-state index in [0.29, 0.717) is 24.2 Å². The third-order valence-electron chi connectivity index (χ3n) is 5.86. The summed E-state index contributed by atoms with van der Waals surface area (Å²) in [6, 6.07) is 4.00. The van der Waals surface area contributed by atoms with Crippen molar-refractivity contribution in [3.63, 3.8) is 0 Å². The molecule has 2 aliphatic heterocycles. The van der Waals surface area contributed by atoms with Gasteiger partial charge in [0.1, 0.15) is 0 Å². The van der Waals surface area contributed by atoms with E-state index in [4.69, 9.17) is 9.47 Å². The predicted octanol–water partition coefficient (Wildman–Crippen LogP) is 3.22. The van der Waals surface area contributed by atoms with Crippen molar-refractivity contribution in [2.45, 2.75) is 45.6 Å². The molecule has 1 aliphatic carbocycles. The highest BCUT2D eigenvalue weighted by molar-refractivity contribution is 6.22. The quantitative estimate of drug-likeness (QED) is 0.763. The van der Waals surface area contributed by atoms with Crippen molar-refractivity contribution in [3.05, 3.63) is 34.5 Å². The van der Waals surface area contributed by atoms with E-state index >= 15 is 0 Å². The number of benzene rings is 1. The number of fused-ring (bicyclic) bond motifs is 4. The maximum atomic E-state index is 12.8. The number of hydrogen-bond donors (Lipinski definition) is 0. The summed E-state index contributed by atoms with van der Waals surface area (Å²) in [5, 5.41) is 0. The Morgan fingerprint density at radius 3 is 2.42 bits per heavy atom. The molecule has 4 rings (SSSR count). The Kier molecular flexibility index (Phi) is 3.86. The lowest BCUT2D eigenvalue weighted by Gasteiger charge is -2.47. The van der Waals surface area contributed by atoms with Gasteiger partial charge < -0.3 is 14.4 Å². The number of ketones is 2. The number of carbonyl (C=O) groups excluding carboxylic acids is 2. The van der Waals surface area contributed by atoms with Crippen LogP contribution in [0.4, 0.5) is 0 Å². The van der Waals surface area contributed by atoms with Crippen LogP contribution in [0.25, 0.3) is 0 Å².